The summed E-state index contributed by atoms with van der Waals surface area (Å²) in [5.41, 5.74) is 4.11. The number of halogens is 3. The Labute approximate surface area is 121 Å². The van der Waals surface area contributed by atoms with Gasteiger partial charge in [-0.3, -0.25) is 4.79 Å². The van der Waals surface area contributed by atoms with E-state index < -0.39 is 23.3 Å². The summed E-state index contributed by atoms with van der Waals surface area (Å²) in [4.78, 5) is 14.2. The van der Waals surface area contributed by atoms with E-state index in [1.54, 1.807) is 4.90 Å². The van der Waals surface area contributed by atoms with Gasteiger partial charge in [-0.05, 0) is 31.9 Å². The highest BCUT2D eigenvalue weighted by atomic mass is 19.4. The SMILES string of the molecule is CC1CCCCCN1C(=O)c1cccc(C(F)(F)F)c1N. The molecule has 0 spiro atoms. The molecule has 1 amide bonds. The van der Waals surface area contributed by atoms with E-state index in [1.165, 1.54) is 12.1 Å². The van der Waals surface area contributed by atoms with Crippen LogP contribution in [0.5, 0.6) is 0 Å². The van der Waals surface area contributed by atoms with Crippen molar-refractivity contribution in [1.29, 1.82) is 0 Å². The molecule has 6 heteroatoms. The molecular weight excluding hydrogens is 281 g/mol. The van der Waals surface area contributed by atoms with Crippen LogP contribution in [0, 0.1) is 0 Å². The molecular formula is C15H19F3N2O. The van der Waals surface area contributed by atoms with Crippen LogP contribution in [0.3, 0.4) is 0 Å². The van der Waals surface area contributed by atoms with Gasteiger partial charge in [-0.15, -0.1) is 0 Å². The largest absolute Gasteiger partial charge is 0.418 e. The van der Waals surface area contributed by atoms with E-state index >= 15 is 0 Å². The van der Waals surface area contributed by atoms with Crippen LogP contribution >= 0.6 is 0 Å². The molecule has 1 heterocycles. The minimum atomic E-state index is -4.55. The number of carbonyl (C=O) groups is 1. The Balaban J connectivity index is 2.35. The first-order valence-corrected chi connectivity index (χ1v) is 7.09. The van der Waals surface area contributed by atoms with Crippen LogP contribution < -0.4 is 5.73 Å². The number of alkyl halides is 3. The number of amides is 1. The summed E-state index contributed by atoms with van der Waals surface area (Å²) in [5.74, 6) is -0.409. The Morgan fingerprint density at radius 3 is 2.67 bits per heavy atom. The molecule has 116 valence electrons. The molecule has 1 unspecified atom stereocenters. The molecule has 3 nitrogen and oxygen atoms in total. The van der Waals surface area contributed by atoms with E-state index in [0.717, 1.165) is 31.7 Å². The number of carbonyl (C=O) groups excluding carboxylic acids is 1. The Hall–Kier alpha value is -1.72. The minimum Gasteiger partial charge on any atom is -0.398 e. The molecule has 0 radical (unpaired) electrons. The lowest BCUT2D eigenvalue weighted by Gasteiger charge is -2.28. The summed E-state index contributed by atoms with van der Waals surface area (Å²) >= 11 is 0. The average molecular weight is 300 g/mol. The van der Waals surface area contributed by atoms with E-state index in [9.17, 15) is 18.0 Å². The highest BCUT2D eigenvalue weighted by Gasteiger charge is 2.35. The zero-order valence-electron chi connectivity index (χ0n) is 11.9. The molecule has 1 aliphatic rings. The van der Waals surface area contributed by atoms with Crippen LogP contribution in [0.4, 0.5) is 18.9 Å². The van der Waals surface area contributed by atoms with Crippen molar-refractivity contribution in [2.24, 2.45) is 0 Å². The van der Waals surface area contributed by atoms with Crippen LogP contribution in [-0.2, 0) is 6.18 Å². The number of benzene rings is 1. The van der Waals surface area contributed by atoms with Crippen LogP contribution in [0.2, 0.25) is 0 Å². The summed E-state index contributed by atoms with van der Waals surface area (Å²) in [6.07, 6.45) is -0.750. The summed E-state index contributed by atoms with van der Waals surface area (Å²) in [6, 6.07) is 3.52. The number of anilines is 1. The number of hydrogen-bond acceptors (Lipinski definition) is 2. The molecule has 0 aliphatic carbocycles. The second-order valence-corrected chi connectivity index (χ2v) is 5.46. The standard InChI is InChI=1S/C15H19F3N2O/c1-10-6-3-2-4-9-20(10)14(21)11-7-5-8-12(13(11)19)15(16,17)18/h5,7-8,10H,2-4,6,9,19H2,1H3. The van der Waals surface area contributed by atoms with Crippen LogP contribution in [0.15, 0.2) is 18.2 Å². The molecule has 2 rings (SSSR count). The normalized spacial score (nSPS) is 20.2. The first-order valence-electron chi connectivity index (χ1n) is 7.09. The zero-order chi connectivity index (χ0) is 15.6. The average Bonchev–Trinajstić information content (AvgIpc) is 2.61. The summed E-state index contributed by atoms with van der Waals surface area (Å²) in [7, 11) is 0. The van der Waals surface area contributed by atoms with Crippen LogP contribution in [0.1, 0.15) is 48.5 Å². The lowest BCUT2D eigenvalue weighted by Crippen LogP contribution is -2.38. The maximum absolute atomic E-state index is 12.9. The van der Waals surface area contributed by atoms with Crippen molar-refractivity contribution in [1.82, 2.24) is 4.90 Å². The third-order valence-corrected chi connectivity index (χ3v) is 3.96. The second-order valence-electron chi connectivity index (χ2n) is 5.46. The first-order chi connectivity index (χ1) is 9.82. The van der Waals surface area contributed by atoms with Crippen molar-refractivity contribution in [2.75, 3.05) is 12.3 Å². The van der Waals surface area contributed by atoms with E-state index in [2.05, 4.69) is 0 Å². The highest BCUT2D eigenvalue weighted by molar-refractivity contribution is 6.00. The monoisotopic (exact) mass is 300 g/mol. The molecule has 1 saturated heterocycles. The summed E-state index contributed by atoms with van der Waals surface area (Å²) in [6.45, 7) is 2.49. The van der Waals surface area contributed by atoms with Gasteiger partial charge < -0.3 is 10.6 Å². The predicted octanol–water partition coefficient (Wildman–Crippen LogP) is 3.69. The number of nitrogen functional groups attached to an aromatic ring is 1. The molecule has 1 aromatic carbocycles. The number of rotatable bonds is 1. The predicted molar refractivity (Wildman–Crippen MR) is 74.8 cm³/mol. The molecule has 0 aromatic heterocycles. The third kappa shape index (κ3) is 3.31. The fourth-order valence-electron chi connectivity index (χ4n) is 2.73. The third-order valence-electron chi connectivity index (χ3n) is 3.96. The van der Waals surface area contributed by atoms with Gasteiger partial charge in [-0.1, -0.05) is 18.9 Å². The van der Waals surface area contributed by atoms with Gasteiger partial charge in [0.05, 0.1) is 16.8 Å². The fraction of sp³-hybridized carbons (Fsp3) is 0.533. The molecule has 0 saturated carbocycles. The van der Waals surface area contributed by atoms with Gasteiger partial charge in [-0.25, -0.2) is 0 Å². The Morgan fingerprint density at radius 1 is 1.29 bits per heavy atom. The smallest absolute Gasteiger partial charge is 0.398 e. The van der Waals surface area contributed by atoms with Crippen molar-refractivity contribution < 1.29 is 18.0 Å². The van der Waals surface area contributed by atoms with Gasteiger partial charge in [0, 0.05) is 12.6 Å². The zero-order valence-corrected chi connectivity index (χ0v) is 11.9. The topological polar surface area (TPSA) is 46.3 Å². The molecule has 1 aliphatic heterocycles. The Bertz CT molecular complexity index is 528. The summed E-state index contributed by atoms with van der Waals surface area (Å²) < 4.78 is 38.6. The van der Waals surface area contributed by atoms with Crippen molar-refractivity contribution in [3.8, 4) is 0 Å². The fourth-order valence-corrected chi connectivity index (χ4v) is 2.73. The minimum absolute atomic E-state index is 0.0222. The Morgan fingerprint density at radius 2 is 2.00 bits per heavy atom. The van der Waals surface area contributed by atoms with E-state index in [1.807, 2.05) is 6.92 Å². The van der Waals surface area contributed by atoms with Crippen LogP contribution in [-0.4, -0.2) is 23.4 Å². The quantitative estimate of drug-likeness (QED) is 0.804. The van der Waals surface area contributed by atoms with Crippen molar-refractivity contribution >= 4 is 11.6 Å². The molecule has 1 atom stereocenters. The lowest BCUT2D eigenvalue weighted by atomic mass is 10.0. The summed E-state index contributed by atoms with van der Waals surface area (Å²) in [5, 5.41) is 0. The van der Waals surface area contributed by atoms with E-state index in [0.29, 0.717) is 6.54 Å². The number of para-hydroxylation sites is 1. The van der Waals surface area contributed by atoms with Crippen LogP contribution in [0.25, 0.3) is 0 Å². The molecule has 1 aromatic rings. The van der Waals surface area contributed by atoms with Gasteiger partial charge in [-0.2, -0.15) is 13.2 Å². The van der Waals surface area contributed by atoms with Gasteiger partial charge in [0.2, 0.25) is 0 Å². The van der Waals surface area contributed by atoms with Crippen molar-refractivity contribution in [3.63, 3.8) is 0 Å². The number of likely N-dealkylation sites (tertiary alicyclic amines) is 1. The van der Waals surface area contributed by atoms with Gasteiger partial charge in [0.1, 0.15) is 0 Å². The van der Waals surface area contributed by atoms with E-state index in [4.69, 9.17) is 5.73 Å². The molecule has 21 heavy (non-hydrogen) atoms. The van der Waals surface area contributed by atoms with Gasteiger partial charge in [0.25, 0.3) is 5.91 Å². The number of nitrogens with two attached hydrogens (primary N) is 1. The lowest BCUT2D eigenvalue weighted by molar-refractivity contribution is -0.136. The van der Waals surface area contributed by atoms with Crippen molar-refractivity contribution in [2.45, 2.75) is 44.8 Å². The molecule has 0 bridgehead atoms. The maximum Gasteiger partial charge on any atom is 0.418 e. The van der Waals surface area contributed by atoms with Gasteiger partial charge >= 0.3 is 6.18 Å². The highest BCUT2D eigenvalue weighted by Crippen LogP contribution is 2.35. The van der Waals surface area contributed by atoms with E-state index in [-0.39, 0.29) is 11.6 Å². The van der Waals surface area contributed by atoms with Crippen molar-refractivity contribution in [3.05, 3.63) is 29.3 Å². The number of hydrogen-bond donors (Lipinski definition) is 1. The Kier molecular flexibility index (Phi) is 4.44. The van der Waals surface area contributed by atoms with Gasteiger partial charge in [0.15, 0.2) is 0 Å². The molecule has 1 fully saturated rings. The molecule has 2 N–H and O–H groups in total. The maximum atomic E-state index is 12.9. The number of nitrogens with zero attached hydrogens (tertiary/aromatic N) is 1. The first kappa shape index (κ1) is 15.7. The second kappa shape index (κ2) is 5.95.